The third-order valence-electron chi connectivity index (χ3n) is 3.49. The summed E-state index contributed by atoms with van der Waals surface area (Å²) in [5, 5.41) is 0. The van der Waals surface area contributed by atoms with E-state index in [1.165, 1.54) is 4.57 Å². The molecule has 2 heterocycles. The van der Waals surface area contributed by atoms with Gasteiger partial charge in [0.05, 0.1) is 24.1 Å². The van der Waals surface area contributed by atoms with Crippen molar-refractivity contribution in [1.82, 2.24) is 9.55 Å². The number of H-pyrrole nitrogens is 1. The van der Waals surface area contributed by atoms with E-state index in [2.05, 4.69) is 4.98 Å². The number of carbonyl (C=O) groups is 1. The smallest absolute Gasteiger partial charge is 0.371 e. The Labute approximate surface area is 118 Å². The van der Waals surface area contributed by atoms with E-state index < -0.39 is 36.2 Å². The van der Waals surface area contributed by atoms with Crippen LogP contribution in [-0.2, 0) is 16.1 Å². The predicted molar refractivity (Wildman–Crippen MR) is 66.6 cm³/mol. The number of nitrogens with two attached hydrogens (primary N) is 1. The van der Waals surface area contributed by atoms with Crippen LogP contribution in [0.4, 0.5) is 13.2 Å². The highest BCUT2D eigenvalue weighted by Crippen LogP contribution is 2.32. The minimum absolute atomic E-state index is 0.0476. The van der Waals surface area contributed by atoms with Crippen LogP contribution in [0.3, 0.4) is 0 Å². The van der Waals surface area contributed by atoms with Crippen molar-refractivity contribution in [3.05, 3.63) is 21.9 Å². The van der Waals surface area contributed by atoms with Gasteiger partial charge in [-0.15, -0.1) is 0 Å². The number of nitrogens with zero attached hydrogens (tertiary/aromatic N) is 1. The molecule has 0 bridgehead atoms. The summed E-state index contributed by atoms with van der Waals surface area (Å²) in [6.07, 6.45) is -5.95. The molecule has 21 heavy (non-hydrogen) atoms. The highest BCUT2D eigenvalue weighted by molar-refractivity contribution is 5.82. The monoisotopic (exact) mass is 307 g/mol. The Morgan fingerprint density at radius 3 is 2.76 bits per heavy atom. The Morgan fingerprint density at radius 1 is 1.52 bits per heavy atom. The molecule has 9 heteroatoms. The van der Waals surface area contributed by atoms with Gasteiger partial charge in [0.15, 0.2) is 0 Å². The van der Waals surface area contributed by atoms with Crippen LogP contribution in [0.5, 0.6) is 0 Å². The maximum absolute atomic E-state index is 12.2. The van der Waals surface area contributed by atoms with Crippen LogP contribution in [0.15, 0.2) is 4.79 Å². The summed E-state index contributed by atoms with van der Waals surface area (Å²) in [6, 6.07) is 0. The fourth-order valence-corrected chi connectivity index (χ4v) is 2.49. The number of fused-ring (bicyclic) bond motifs is 1. The molecule has 6 nitrogen and oxygen atoms in total. The summed E-state index contributed by atoms with van der Waals surface area (Å²) in [5.74, 6) is -1.43. The molecule has 0 aliphatic carbocycles. The van der Waals surface area contributed by atoms with Crippen molar-refractivity contribution >= 4 is 5.91 Å². The van der Waals surface area contributed by atoms with E-state index in [1.54, 1.807) is 6.92 Å². The molecule has 0 radical (unpaired) electrons. The quantitative estimate of drug-likeness (QED) is 0.875. The van der Waals surface area contributed by atoms with Crippen LogP contribution >= 0.6 is 0 Å². The third-order valence-corrected chi connectivity index (χ3v) is 3.49. The molecular weight excluding hydrogens is 291 g/mol. The molecule has 2 atom stereocenters. The first-order valence-corrected chi connectivity index (χ1v) is 6.51. The molecule has 1 amide bonds. The first-order valence-electron chi connectivity index (χ1n) is 6.51. The van der Waals surface area contributed by atoms with Crippen molar-refractivity contribution in [1.29, 1.82) is 0 Å². The fraction of sp³-hybridized carbons (Fsp3) is 0.667. The summed E-state index contributed by atoms with van der Waals surface area (Å²) < 4.78 is 43.1. The fourth-order valence-electron chi connectivity index (χ4n) is 2.49. The molecule has 3 N–H and O–H groups in total. The number of ether oxygens (including phenoxy) is 1. The second kappa shape index (κ2) is 5.55. The van der Waals surface area contributed by atoms with E-state index in [-0.39, 0.29) is 19.6 Å². The molecule has 118 valence electrons. The van der Waals surface area contributed by atoms with Gasteiger partial charge in [-0.25, -0.2) is 4.79 Å². The lowest BCUT2D eigenvalue weighted by Gasteiger charge is -2.26. The third kappa shape index (κ3) is 3.29. The number of amides is 1. The number of hydrogen-bond acceptors (Lipinski definition) is 3. The van der Waals surface area contributed by atoms with Crippen molar-refractivity contribution in [2.75, 3.05) is 6.61 Å². The maximum Gasteiger partial charge on any atom is 0.389 e. The predicted octanol–water partition coefficient (Wildman–Crippen LogP) is 1.18. The summed E-state index contributed by atoms with van der Waals surface area (Å²) in [7, 11) is 0. The zero-order valence-electron chi connectivity index (χ0n) is 11.4. The molecule has 1 aromatic heterocycles. The highest BCUT2D eigenvalue weighted by atomic mass is 19.4. The number of carbonyl (C=O) groups excluding carboxylic acids is 1. The van der Waals surface area contributed by atoms with Crippen LogP contribution in [-0.4, -0.2) is 28.2 Å². The lowest BCUT2D eigenvalue weighted by atomic mass is 9.99. The maximum atomic E-state index is 12.2. The van der Waals surface area contributed by atoms with Crippen molar-refractivity contribution in [3.63, 3.8) is 0 Å². The van der Waals surface area contributed by atoms with Gasteiger partial charge in [-0.1, -0.05) is 0 Å². The molecule has 0 aromatic carbocycles. The van der Waals surface area contributed by atoms with Crippen molar-refractivity contribution in [3.8, 4) is 0 Å². The van der Waals surface area contributed by atoms with Crippen LogP contribution in [0.1, 0.15) is 43.2 Å². The summed E-state index contributed by atoms with van der Waals surface area (Å²) in [5.41, 5.74) is 5.44. The van der Waals surface area contributed by atoms with E-state index in [0.717, 1.165) is 0 Å². The highest BCUT2D eigenvalue weighted by Gasteiger charge is 2.34. The molecule has 2 unspecified atom stereocenters. The zero-order chi connectivity index (χ0) is 15.8. The lowest BCUT2D eigenvalue weighted by Crippen LogP contribution is -2.31. The van der Waals surface area contributed by atoms with Gasteiger partial charge in [0.2, 0.25) is 5.91 Å². The summed E-state index contributed by atoms with van der Waals surface area (Å²) in [6.45, 7) is 1.62. The molecule has 0 fully saturated rings. The number of hydrogen-bond donors (Lipinski definition) is 2. The summed E-state index contributed by atoms with van der Waals surface area (Å²) >= 11 is 0. The Balaban J connectivity index is 2.27. The first kappa shape index (κ1) is 15.6. The molecule has 1 aliphatic heterocycles. The number of halogens is 3. The standard InChI is InChI=1S/C12H16F3N3O3/c1-6-9-8(7(5-21-6)10(16)19)17-11(20)18(9)4-2-3-12(13,14)15/h6-7H,2-5H2,1H3,(H2,16,19)(H,17,20). The van der Waals surface area contributed by atoms with Crippen LogP contribution < -0.4 is 11.4 Å². The van der Waals surface area contributed by atoms with Crippen molar-refractivity contribution in [2.45, 2.75) is 44.5 Å². The van der Waals surface area contributed by atoms with Crippen LogP contribution in [0.2, 0.25) is 0 Å². The number of rotatable bonds is 4. The number of aromatic nitrogens is 2. The van der Waals surface area contributed by atoms with Crippen LogP contribution in [0, 0.1) is 0 Å². The zero-order valence-corrected chi connectivity index (χ0v) is 11.4. The van der Waals surface area contributed by atoms with Gasteiger partial charge in [0.25, 0.3) is 0 Å². The largest absolute Gasteiger partial charge is 0.389 e. The van der Waals surface area contributed by atoms with E-state index in [0.29, 0.717) is 11.4 Å². The van der Waals surface area contributed by atoms with Gasteiger partial charge in [-0.3, -0.25) is 9.36 Å². The van der Waals surface area contributed by atoms with Crippen molar-refractivity contribution in [2.24, 2.45) is 5.73 Å². The minimum atomic E-state index is -4.27. The Morgan fingerprint density at radius 2 is 2.19 bits per heavy atom. The average Bonchev–Trinajstić information content (AvgIpc) is 2.66. The topological polar surface area (TPSA) is 90.1 Å². The molecule has 2 rings (SSSR count). The van der Waals surface area contributed by atoms with E-state index in [1.807, 2.05) is 0 Å². The first-order chi connectivity index (χ1) is 9.70. The molecule has 1 aliphatic rings. The molecule has 0 spiro atoms. The molecular formula is C12H16F3N3O3. The van der Waals surface area contributed by atoms with Gasteiger partial charge >= 0.3 is 11.9 Å². The van der Waals surface area contributed by atoms with Crippen molar-refractivity contribution < 1.29 is 22.7 Å². The van der Waals surface area contributed by atoms with Gasteiger partial charge in [-0.2, -0.15) is 13.2 Å². The van der Waals surface area contributed by atoms with E-state index in [9.17, 15) is 22.8 Å². The average molecular weight is 307 g/mol. The molecule has 1 aromatic rings. The second-order valence-electron chi connectivity index (χ2n) is 5.03. The van der Waals surface area contributed by atoms with Gasteiger partial charge in [0.1, 0.15) is 5.92 Å². The molecule has 0 saturated heterocycles. The van der Waals surface area contributed by atoms with Gasteiger partial charge < -0.3 is 15.5 Å². The van der Waals surface area contributed by atoms with E-state index in [4.69, 9.17) is 10.5 Å². The lowest BCUT2D eigenvalue weighted by molar-refractivity contribution is -0.136. The number of alkyl halides is 3. The second-order valence-corrected chi connectivity index (χ2v) is 5.03. The number of nitrogens with one attached hydrogen (secondary N) is 1. The SMILES string of the molecule is CC1OCC(C(N)=O)c2[nH]c(=O)n(CCCC(F)(F)F)c21. The Kier molecular flexibility index (Phi) is 4.13. The van der Waals surface area contributed by atoms with Gasteiger partial charge in [0, 0.05) is 13.0 Å². The Hall–Kier alpha value is -1.77. The number of aromatic amines is 1. The van der Waals surface area contributed by atoms with Gasteiger partial charge in [-0.05, 0) is 13.3 Å². The minimum Gasteiger partial charge on any atom is -0.371 e. The Bertz CT molecular complexity index is 591. The van der Waals surface area contributed by atoms with Crippen LogP contribution in [0.25, 0.3) is 0 Å². The summed E-state index contributed by atoms with van der Waals surface area (Å²) in [4.78, 5) is 25.8. The number of primary amides is 1. The number of imidazole rings is 1. The normalized spacial score (nSPS) is 22.1. The van der Waals surface area contributed by atoms with E-state index >= 15 is 0 Å². The molecule has 0 saturated carbocycles.